The molecule has 1 aliphatic carbocycles. The molecular formula is C25H19ClF8N6O3. The second-order valence-electron chi connectivity index (χ2n) is 9.86. The van der Waals surface area contributed by atoms with Gasteiger partial charge in [-0.25, -0.2) is 13.8 Å². The highest BCUT2D eigenvalue weighted by Crippen LogP contribution is 2.57. The molecule has 0 radical (unpaired) electrons. The van der Waals surface area contributed by atoms with E-state index < -0.39 is 58.8 Å². The summed E-state index contributed by atoms with van der Waals surface area (Å²) in [6.45, 7) is 0.173. The molecule has 1 amide bonds. The number of aromatic nitrogens is 4. The molecule has 3 aromatic rings. The molecule has 1 aromatic carbocycles. The van der Waals surface area contributed by atoms with Crippen LogP contribution in [0.4, 0.5) is 35.1 Å². The summed E-state index contributed by atoms with van der Waals surface area (Å²) in [5.41, 5.74) is -9.81. The van der Waals surface area contributed by atoms with Crippen molar-refractivity contribution in [3.8, 4) is 28.8 Å². The summed E-state index contributed by atoms with van der Waals surface area (Å²) in [7, 11) is 2.32. The summed E-state index contributed by atoms with van der Waals surface area (Å²) in [6, 6.07) is 6.06. The van der Waals surface area contributed by atoms with E-state index >= 15 is 4.39 Å². The van der Waals surface area contributed by atoms with Gasteiger partial charge in [0, 0.05) is 26.3 Å². The first-order valence-corrected chi connectivity index (χ1v) is 12.7. The van der Waals surface area contributed by atoms with Crippen molar-refractivity contribution >= 4 is 17.5 Å². The fourth-order valence-corrected chi connectivity index (χ4v) is 5.07. The fourth-order valence-electron chi connectivity index (χ4n) is 4.87. The van der Waals surface area contributed by atoms with Crippen LogP contribution in [0.2, 0.25) is 5.02 Å². The number of hydrogen-bond acceptors (Lipinski definition) is 6. The van der Waals surface area contributed by atoms with Crippen LogP contribution < -0.4 is 4.74 Å². The van der Waals surface area contributed by atoms with E-state index in [0.717, 1.165) is 13.2 Å². The van der Waals surface area contributed by atoms with Gasteiger partial charge in [-0.3, -0.25) is 4.79 Å². The summed E-state index contributed by atoms with van der Waals surface area (Å²) in [5.74, 6) is -2.78. The Morgan fingerprint density at radius 3 is 2.44 bits per heavy atom. The van der Waals surface area contributed by atoms with Crippen LogP contribution in [-0.4, -0.2) is 68.5 Å². The minimum absolute atomic E-state index is 0.0175. The molecule has 0 N–H and O–H groups in total. The predicted octanol–water partition coefficient (Wildman–Crippen LogP) is 5.72. The molecule has 1 saturated carbocycles. The van der Waals surface area contributed by atoms with E-state index in [1.807, 2.05) is 0 Å². The average Bonchev–Trinajstić information content (AvgIpc) is 3.47. The fraction of sp³-hybridized carbons (Fsp3) is 0.440. The standard InChI is InChI=1S/C25H19ClF8N6O3/c1-38-20-17(18(37-38)23(28,24(29,30)31)25(32,33)34)43-19(27)16-14(10-36-40(16)20)12-3-4-15(26)13(9-12)21(41)39(7-8-42-2)22(11-35)5-6-22/h3-4,9-10,19H,5-8H2,1-2H3. The number of aryl methyl sites for hydroxylation is 1. The normalized spacial score (nSPS) is 17.5. The number of hydrogen-bond donors (Lipinski definition) is 0. The molecule has 1 atom stereocenters. The number of methoxy groups -OCH3 is 1. The Bertz CT molecular complexity index is 1620. The maximum absolute atomic E-state index is 15.5. The molecular weight excluding hydrogens is 620 g/mol. The quantitative estimate of drug-likeness (QED) is 0.307. The maximum Gasteiger partial charge on any atom is 0.437 e. The number of nitrogens with zero attached hydrogens (tertiary/aromatic N) is 6. The van der Waals surface area contributed by atoms with E-state index in [4.69, 9.17) is 21.1 Å². The molecule has 1 fully saturated rings. The first kappa shape index (κ1) is 30.5. The number of nitriles is 1. The van der Waals surface area contributed by atoms with Gasteiger partial charge in [0.05, 0.1) is 29.5 Å². The van der Waals surface area contributed by atoms with E-state index in [2.05, 4.69) is 16.3 Å². The Hall–Kier alpha value is -3.91. The molecule has 43 heavy (non-hydrogen) atoms. The lowest BCUT2D eigenvalue weighted by atomic mass is 9.99. The van der Waals surface area contributed by atoms with Gasteiger partial charge >= 0.3 is 18.0 Å². The van der Waals surface area contributed by atoms with E-state index in [1.165, 1.54) is 30.2 Å². The molecule has 0 bridgehead atoms. The Labute approximate surface area is 242 Å². The zero-order valence-corrected chi connectivity index (χ0v) is 22.8. The first-order valence-electron chi connectivity index (χ1n) is 12.3. The van der Waals surface area contributed by atoms with E-state index in [1.54, 1.807) is 0 Å². The lowest BCUT2D eigenvalue weighted by Gasteiger charge is -2.30. The van der Waals surface area contributed by atoms with Crippen LogP contribution in [0, 0.1) is 11.3 Å². The highest BCUT2D eigenvalue weighted by Gasteiger charge is 2.76. The number of fused-ring (bicyclic) bond motifs is 3. The average molecular weight is 639 g/mol. The Balaban J connectivity index is 1.60. The molecule has 3 heterocycles. The van der Waals surface area contributed by atoms with Crippen molar-refractivity contribution in [2.24, 2.45) is 7.05 Å². The van der Waals surface area contributed by atoms with E-state index in [9.17, 15) is 40.8 Å². The lowest BCUT2D eigenvalue weighted by molar-refractivity contribution is -0.350. The number of ether oxygens (including phenoxy) is 2. The van der Waals surface area contributed by atoms with Gasteiger partial charge < -0.3 is 14.4 Å². The maximum atomic E-state index is 15.5. The van der Waals surface area contributed by atoms with Crippen molar-refractivity contribution in [3.63, 3.8) is 0 Å². The van der Waals surface area contributed by atoms with E-state index in [-0.39, 0.29) is 34.9 Å². The third kappa shape index (κ3) is 4.58. The second kappa shape index (κ2) is 10.1. The third-order valence-electron chi connectivity index (χ3n) is 7.25. The molecule has 1 unspecified atom stereocenters. The minimum atomic E-state index is -6.52. The molecule has 9 nitrogen and oxygen atoms in total. The number of rotatable bonds is 7. The Kier molecular flexibility index (Phi) is 7.16. The SMILES string of the molecule is COCCN(C(=O)c1cc(-c2cnn3c2C(F)Oc2c(C(F)(C(F)(F)F)C(F)(F)F)nn(C)c2-3)ccc1Cl)C1(C#N)CC1. The summed E-state index contributed by atoms with van der Waals surface area (Å²) < 4.78 is 122. The van der Waals surface area contributed by atoms with Crippen LogP contribution in [0.1, 0.15) is 40.9 Å². The van der Waals surface area contributed by atoms with Gasteiger partial charge in [-0.2, -0.15) is 46.2 Å². The Morgan fingerprint density at radius 1 is 1.23 bits per heavy atom. The number of amides is 1. The smallest absolute Gasteiger partial charge is 0.437 e. The third-order valence-corrected chi connectivity index (χ3v) is 7.58. The topological polar surface area (TPSA) is 98.2 Å². The van der Waals surface area contributed by atoms with E-state index in [0.29, 0.717) is 22.2 Å². The number of benzene rings is 1. The highest BCUT2D eigenvalue weighted by molar-refractivity contribution is 6.34. The highest BCUT2D eigenvalue weighted by atomic mass is 35.5. The van der Waals surface area contributed by atoms with Gasteiger partial charge in [0.15, 0.2) is 17.3 Å². The van der Waals surface area contributed by atoms with Crippen molar-refractivity contribution in [2.75, 3.05) is 20.3 Å². The van der Waals surface area contributed by atoms with Crippen LogP contribution in [0.3, 0.4) is 0 Å². The number of carbonyl (C=O) groups excluding carboxylic acids is 1. The molecule has 5 rings (SSSR count). The van der Waals surface area contributed by atoms with Crippen molar-refractivity contribution in [2.45, 2.75) is 42.8 Å². The summed E-state index contributed by atoms with van der Waals surface area (Å²) in [5, 5.41) is 16.6. The summed E-state index contributed by atoms with van der Waals surface area (Å²) in [4.78, 5) is 14.9. The summed E-state index contributed by atoms with van der Waals surface area (Å²) >= 11 is 6.31. The van der Waals surface area contributed by atoms with Crippen LogP contribution in [0.25, 0.3) is 16.9 Å². The largest absolute Gasteiger partial charge is 0.448 e. The number of halogens is 9. The van der Waals surface area contributed by atoms with Crippen LogP contribution >= 0.6 is 11.6 Å². The molecule has 1 aliphatic heterocycles. The second-order valence-corrected chi connectivity index (χ2v) is 10.3. The zero-order valence-electron chi connectivity index (χ0n) is 22.0. The van der Waals surface area contributed by atoms with Crippen molar-refractivity contribution in [1.82, 2.24) is 24.5 Å². The number of alkyl halides is 8. The van der Waals surface area contributed by atoms with Crippen molar-refractivity contribution < 1.29 is 49.4 Å². The monoisotopic (exact) mass is 638 g/mol. The van der Waals surface area contributed by atoms with Crippen molar-refractivity contribution in [1.29, 1.82) is 5.26 Å². The van der Waals surface area contributed by atoms with Gasteiger partial charge in [-0.1, -0.05) is 17.7 Å². The van der Waals surface area contributed by atoms with Gasteiger partial charge in [0.1, 0.15) is 11.2 Å². The molecule has 0 saturated heterocycles. The van der Waals surface area contributed by atoms with Gasteiger partial charge in [0.25, 0.3) is 12.3 Å². The molecule has 0 spiro atoms. The molecule has 18 heteroatoms. The van der Waals surface area contributed by atoms with Crippen LogP contribution in [0.5, 0.6) is 5.75 Å². The van der Waals surface area contributed by atoms with Gasteiger partial charge in [0.2, 0.25) is 0 Å². The molecule has 2 aliphatic rings. The minimum Gasteiger partial charge on any atom is -0.448 e. The van der Waals surface area contributed by atoms with Crippen molar-refractivity contribution in [3.05, 3.63) is 46.4 Å². The van der Waals surface area contributed by atoms with Gasteiger partial charge in [-0.05, 0) is 30.5 Å². The number of carbonyl (C=O) groups is 1. The Morgan fingerprint density at radius 2 is 1.88 bits per heavy atom. The molecule has 2 aromatic heterocycles. The predicted molar refractivity (Wildman–Crippen MR) is 131 cm³/mol. The summed E-state index contributed by atoms with van der Waals surface area (Å²) in [6.07, 6.45) is -13.9. The van der Waals surface area contributed by atoms with Crippen LogP contribution in [-0.2, 0) is 17.5 Å². The first-order chi connectivity index (χ1) is 20.0. The zero-order chi connectivity index (χ0) is 31.7. The molecule has 230 valence electrons. The van der Waals surface area contributed by atoms with Gasteiger partial charge in [-0.15, -0.1) is 0 Å². The van der Waals surface area contributed by atoms with Crippen LogP contribution in [0.15, 0.2) is 24.4 Å². The lowest BCUT2D eigenvalue weighted by Crippen LogP contribution is -2.51.